The van der Waals surface area contributed by atoms with E-state index in [4.69, 9.17) is 4.74 Å². The van der Waals surface area contributed by atoms with E-state index >= 15 is 0 Å². The summed E-state index contributed by atoms with van der Waals surface area (Å²) in [5.74, 6) is -0.325. The Kier molecular flexibility index (Phi) is 5.59. The molecule has 0 aliphatic carbocycles. The minimum atomic E-state index is -3.03. The first-order valence-corrected chi connectivity index (χ1v) is 9.27. The highest BCUT2D eigenvalue weighted by atomic mass is 32.2. The standard InChI is InChI=1S/C15H20N2O5S/c1-2-8-22-14(18)11-3-5-12(6-4-11)16-15(19)17-13-7-9-23(20,21)10-13/h3-6,13H,2,7-10H2,1H3,(H2,16,17,19)/t13-/m0/s1. The molecule has 1 saturated heterocycles. The van der Waals surface area contributed by atoms with Crippen LogP contribution in [0.3, 0.4) is 0 Å². The minimum absolute atomic E-state index is 0.0252. The Morgan fingerprint density at radius 1 is 1.26 bits per heavy atom. The molecule has 1 fully saturated rings. The van der Waals surface area contributed by atoms with Crippen molar-refractivity contribution in [2.75, 3.05) is 23.4 Å². The summed E-state index contributed by atoms with van der Waals surface area (Å²) in [5, 5.41) is 5.24. The van der Waals surface area contributed by atoms with Crippen molar-refractivity contribution < 1.29 is 22.7 Å². The summed E-state index contributed by atoms with van der Waals surface area (Å²) in [7, 11) is -3.03. The number of hydrogen-bond donors (Lipinski definition) is 2. The average Bonchev–Trinajstić information content (AvgIpc) is 2.84. The molecule has 0 aromatic heterocycles. The molecule has 23 heavy (non-hydrogen) atoms. The van der Waals surface area contributed by atoms with Gasteiger partial charge in [-0.3, -0.25) is 0 Å². The van der Waals surface area contributed by atoms with E-state index in [1.165, 1.54) is 0 Å². The SMILES string of the molecule is CCCOC(=O)c1ccc(NC(=O)N[C@H]2CCS(=O)(=O)C2)cc1. The molecule has 2 rings (SSSR count). The van der Waals surface area contributed by atoms with Gasteiger partial charge in [0, 0.05) is 11.7 Å². The van der Waals surface area contributed by atoms with Gasteiger partial charge in [0.15, 0.2) is 9.84 Å². The van der Waals surface area contributed by atoms with Gasteiger partial charge in [-0.2, -0.15) is 0 Å². The molecular weight excluding hydrogens is 320 g/mol. The van der Waals surface area contributed by atoms with Crippen LogP contribution in [-0.2, 0) is 14.6 Å². The number of carbonyl (C=O) groups is 2. The zero-order chi connectivity index (χ0) is 16.9. The van der Waals surface area contributed by atoms with E-state index in [0.717, 1.165) is 6.42 Å². The molecule has 1 aromatic rings. The molecular formula is C15H20N2O5S. The van der Waals surface area contributed by atoms with Crippen LogP contribution in [0, 0.1) is 0 Å². The summed E-state index contributed by atoms with van der Waals surface area (Å²) in [6, 6.07) is 5.49. The van der Waals surface area contributed by atoms with Gasteiger partial charge in [-0.05, 0) is 37.1 Å². The second kappa shape index (κ2) is 7.45. The minimum Gasteiger partial charge on any atom is -0.462 e. The average molecular weight is 340 g/mol. The van der Waals surface area contributed by atoms with Crippen molar-refractivity contribution in [2.24, 2.45) is 0 Å². The van der Waals surface area contributed by atoms with Crippen molar-refractivity contribution in [1.29, 1.82) is 0 Å². The monoisotopic (exact) mass is 340 g/mol. The summed E-state index contributed by atoms with van der Waals surface area (Å²) in [6.07, 6.45) is 1.18. The molecule has 0 bridgehead atoms. The van der Waals surface area contributed by atoms with Gasteiger partial charge in [-0.15, -0.1) is 0 Å². The van der Waals surface area contributed by atoms with Gasteiger partial charge < -0.3 is 15.4 Å². The van der Waals surface area contributed by atoms with E-state index < -0.39 is 21.8 Å². The van der Waals surface area contributed by atoms with Crippen LogP contribution in [0.4, 0.5) is 10.5 Å². The van der Waals surface area contributed by atoms with Crippen molar-refractivity contribution in [2.45, 2.75) is 25.8 Å². The molecule has 2 amide bonds. The van der Waals surface area contributed by atoms with Crippen LogP contribution < -0.4 is 10.6 Å². The first-order valence-electron chi connectivity index (χ1n) is 7.45. The predicted molar refractivity (Wildman–Crippen MR) is 86.2 cm³/mol. The highest BCUT2D eigenvalue weighted by Crippen LogP contribution is 2.13. The molecule has 1 aliphatic rings. The van der Waals surface area contributed by atoms with Crippen LogP contribution >= 0.6 is 0 Å². The maximum absolute atomic E-state index is 11.8. The first-order chi connectivity index (χ1) is 10.9. The Morgan fingerprint density at radius 3 is 2.52 bits per heavy atom. The number of esters is 1. The zero-order valence-corrected chi connectivity index (χ0v) is 13.7. The maximum Gasteiger partial charge on any atom is 0.338 e. The summed E-state index contributed by atoms with van der Waals surface area (Å²) in [4.78, 5) is 23.5. The molecule has 1 atom stereocenters. The highest BCUT2D eigenvalue weighted by Gasteiger charge is 2.28. The van der Waals surface area contributed by atoms with Crippen molar-refractivity contribution in [3.63, 3.8) is 0 Å². The second-order valence-corrected chi connectivity index (χ2v) is 7.64. The zero-order valence-electron chi connectivity index (χ0n) is 12.9. The van der Waals surface area contributed by atoms with Crippen molar-refractivity contribution in [3.05, 3.63) is 29.8 Å². The molecule has 2 N–H and O–H groups in total. The molecule has 126 valence electrons. The quantitative estimate of drug-likeness (QED) is 0.792. The summed E-state index contributed by atoms with van der Waals surface area (Å²) in [5.41, 5.74) is 0.918. The lowest BCUT2D eigenvalue weighted by Crippen LogP contribution is -2.38. The van der Waals surface area contributed by atoms with Crippen LogP contribution in [0.2, 0.25) is 0 Å². The molecule has 0 radical (unpaired) electrons. The van der Waals surface area contributed by atoms with Gasteiger partial charge in [-0.25, -0.2) is 18.0 Å². The third-order valence-corrected chi connectivity index (χ3v) is 5.15. The van der Waals surface area contributed by atoms with Gasteiger partial charge in [0.05, 0.1) is 23.7 Å². The Balaban J connectivity index is 1.85. The van der Waals surface area contributed by atoms with Crippen LogP contribution in [0.25, 0.3) is 0 Å². The van der Waals surface area contributed by atoms with E-state index in [2.05, 4.69) is 10.6 Å². The number of hydrogen-bond acceptors (Lipinski definition) is 5. The lowest BCUT2D eigenvalue weighted by Gasteiger charge is -2.12. The molecule has 0 saturated carbocycles. The molecule has 1 heterocycles. The van der Waals surface area contributed by atoms with Gasteiger partial charge in [0.2, 0.25) is 0 Å². The third kappa shape index (κ3) is 5.24. The van der Waals surface area contributed by atoms with Gasteiger partial charge in [0.1, 0.15) is 0 Å². The van der Waals surface area contributed by atoms with Gasteiger partial charge >= 0.3 is 12.0 Å². The molecule has 0 unspecified atom stereocenters. The van der Waals surface area contributed by atoms with Crippen LogP contribution in [0.5, 0.6) is 0 Å². The van der Waals surface area contributed by atoms with Gasteiger partial charge in [-0.1, -0.05) is 6.92 Å². The number of ether oxygens (including phenoxy) is 1. The fraction of sp³-hybridized carbons (Fsp3) is 0.467. The number of amides is 2. The lowest BCUT2D eigenvalue weighted by atomic mass is 10.2. The summed E-state index contributed by atoms with van der Waals surface area (Å²) < 4.78 is 27.7. The Labute approximate surface area is 135 Å². The maximum atomic E-state index is 11.8. The van der Waals surface area contributed by atoms with E-state index in [1.807, 2.05) is 6.92 Å². The van der Waals surface area contributed by atoms with E-state index in [-0.39, 0.29) is 17.5 Å². The van der Waals surface area contributed by atoms with Crippen LogP contribution in [0.1, 0.15) is 30.1 Å². The van der Waals surface area contributed by atoms with E-state index in [1.54, 1.807) is 24.3 Å². The van der Waals surface area contributed by atoms with Crippen molar-refractivity contribution >= 4 is 27.5 Å². The number of sulfone groups is 1. The Bertz CT molecular complexity index is 670. The summed E-state index contributed by atoms with van der Waals surface area (Å²) in [6.45, 7) is 2.28. The third-order valence-electron chi connectivity index (χ3n) is 3.38. The molecule has 7 nitrogen and oxygen atoms in total. The first kappa shape index (κ1) is 17.3. The van der Waals surface area contributed by atoms with E-state index in [9.17, 15) is 18.0 Å². The molecule has 0 spiro atoms. The number of urea groups is 1. The number of rotatable bonds is 5. The largest absolute Gasteiger partial charge is 0.462 e. The van der Waals surface area contributed by atoms with Gasteiger partial charge in [0.25, 0.3) is 0 Å². The number of carbonyl (C=O) groups excluding carboxylic acids is 2. The smallest absolute Gasteiger partial charge is 0.338 e. The number of nitrogens with one attached hydrogen (secondary N) is 2. The molecule has 1 aliphatic heterocycles. The number of benzene rings is 1. The number of anilines is 1. The van der Waals surface area contributed by atoms with Crippen molar-refractivity contribution in [3.8, 4) is 0 Å². The normalized spacial score (nSPS) is 19.1. The molecule has 1 aromatic carbocycles. The topological polar surface area (TPSA) is 102 Å². The predicted octanol–water partition coefficient (Wildman–Crippen LogP) is 1.56. The summed E-state index contributed by atoms with van der Waals surface area (Å²) >= 11 is 0. The van der Waals surface area contributed by atoms with Crippen LogP contribution in [0.15, 0.2) is 24.3 Å². The Hall–Kier alpha value is -2.09. The second-order valence-electron chi connectivity index (χ2n) is 5.41. The van der Waals surface area contributed by atoms with E-state index in [0.29, 0.717) is 24.3 Å². The fourth-order valence-electron chi connectivity index (χ4n) is 2.23. The Morgan fingerprint density at radius 2 is 1.96 bits per heavy atom. The van der Waals surface area contributed by atoms with Crippen LogP contribution in [-0.4, -0.2) is 44.6 Å². The fourth-order valence-corrected chi connectivity index (χ4v) is 3.90. The lowest BCUT2D eigenvalue weighted by molar-refractivity contribution is 0.0505. The highest BCUT2D eigenvalue weighted by molar-refractivity contribution is 7.91. The molecule has 8 heteroatoms. The van der Waals surface area contributed by atoms with Crippen molar-refractivity contribution in [1.82, 2.24) is 5.32 Å².